The summed E-state index contributed by atoms with van der Waals surface area (Å²) in [6.45, 7) is 1.87. The number of carbonyl (C=O) groups is 1. The molecule has 5 rings (SSSR count). The van der Waals surface area contributed by atoms with Crippen LogP contribution in [0.15, 0.2) is 42.7 Å². The van der Waals surface area contributed by atoms with Crippen molar-refractivity contribution in [3.8, 4) is 0 Å². The summed E-state index contributed by atoms with van der Waals surface area (Å²) < 4.78 is 40.2. The van der Waals surface area contributed by atoms with E-state index in [-0.39, 0.29) is 17.9 Å². The van der Waals surface area contributed by atoms with E-state index in [1.54, 1.807) is 0 Å². The van der Waals surface area contributed by atoms with E-state index in [9.17, 15) is 18.0 Å². The molecule has 0 radical (unpaired) electrons. The molecule has 1 unspecified atom stereocenters. The second-order valence-electron chi connectivity index (χ2n) is 8.34. The molecule has 0 N–H and O–H groups in total. The van der Waals surface area contributed by atoms with Crippen molar-refractivity contribution >= 4 is 17.4 Å². The molecule has 0 spiro atoms. The zero-order valence-electron chi connectivity index (χ0n) is 17.4. The number of nitrogens with zero attached hydrogens (tertiary/aromatic N) is 6. The quantitative estimate of drug-likeness (QED) is 0.616. The molecule has 7 nitrogen and oxygen atoms in total. The molecule has 168 valence electrons. The minimum atomic E-state index is -4.40. The molecule has 3 aromatic rings. The lowest BCUT2D eigenvalue weighted by Crippen LogP contribution is -2.43. The van der Waals surface area contributed by atoms with Gasteiger partial charge in [0.1, 0.15) is 5.82 Å². The summed E-state index contributed by atoms with van der Waals surface area (Å²) in [5, 5.41) is 8.58. The topological polar surface area (TPSA) is 66.6 Å². The second kappa shape index (κ2) is 8.07. The van der Waals surface area contributed by atoms with E-state index < -0.39 is 11.7 Å². The number of carbonyl (C=O) groups excluding carboxylic acids is 1. The fourth-order valence-corrected chi connectivity index (χ4v) is 4.72. The molecule has 32 heavy (non-hydrogen) atoms. The van der Waals surface area contributed by atoms with E-state index in [4.69, 9.17) is 0 Å². The maximum Gasteiger partial charge on any atom is 0.417 e. The smallest absolute Gasteiger partial charge is 0.357 e. The van der Waals surface area contributed by atoms with Crippen LogP contribution >= 0.6 is 0 Å². The Hall–Kier alpha value is -3.17. The number of likely N-dealkylation sites (tertiary alicyclic amines) is 1. The maximum atomic E-state index is 13.3. The third-order valence-corrected chi connectivity index (χ3v) is 6.42. The zero-order valence-corrected chi connectivity index (χ0v) is 17.4. The summed E-state index contributed by atoms with van der Waals surface area (Å²) in [6.07, 6.45) is 1.46. The van der Waals surface area contributed by atoms with Crippen molar-refractivity contribution in [1.29, 1.82) is 0 Å². The Morgan fingerprint density at radius 2 is 1.81 bits per heavy atom. The SMILES string of the molecule is O=C(C1CCN(c2ccc(C(F)(F)F)cn2)CC1)N1CCCC1c1nnc2ccccn12. The monoisotopic (exact) mass is 444 g/mol. The number of hydrogen-bond acceptors (Lipinski definition) is 5. The molecular formula is C22H23F3N6O. The highest BCUT2D eigenvalue weighted by molar-refractivity contribution is 5.80. The van der Waals surface area contributed by atoms with Gasteiger partial charge >= 0.3 is 6.18 Å². The van der Waals surface area contributed by atoms with Crippen LogP contribution in [0.1, 0.15) is 43.1 Å². The average molecular weight is 444 g/mol. The molecular weight excluding hydrogens is 421 g/mol. The molecule has 10 heteroatoms. The number of aromatic nitrogens is 4. The lowest BCUT2D eigenvalue weighted by Gasteiger charge is -2.35. The number of amides is 1. The number of halogens is 3. The first-order valence-electron chi connectivity index (χ1n) is 10.8. The van der Waals surface area contributed by atoms with Gasteiger partial charge in [-0.3, -0.25) is 9.20 Å². The predicted molar refractivity (Wildman–Crippen MR) is 111 cm³/mol. The molecule has 3 aromatic heterocycles. The van der Waals surface area contributed by atoms with E-state index in [1.807, 2.05) is 38.6 Å². The fourth-order valence-electron chi connectivity index (χ4n) is 4.72. The van der Waals surface area contributed by atoms with Crippen LogP contribution in [-0.4, -0.2) is 50.0 Å². The summed E-state index contributed by atoms with van der Waals surface area (Å²) in [5.41, 5.74) is 0.00606. The standard InChI is InChI=1S/C22H23F3N6O/c23-22(24,25)16-6-7-18(26-14-16)29-12-8-15(9-13-29)21(32)30-11-3-4-17(30)20-28-27-19-5-1-2-10-31(19)20/h1-2,5-7,10,14-15,17H,3-4,8-9,11-13H2. The lowest BCUT2D eigenvalue weighted by molar-refractivity contribution is -0.138. The number of piperidine rings is 1. The van der Waals surface area contributed by atoms with Gasteiger partial charge < -0.3 is 9.80 Å². The van der Waals surface area contributed by atoms with Gasteiger partial charge in [-0.1, -0.05) is 6.07 Å². The highest BCUT2D eigenvalue weighted by Gasteiger charge is 2.38. The lowest BCUT2D eigenvalue weighted by atomic mass is 9.95. The number of hydrogen-bond donors (Lipinski definition) is 0. The Bertz CT molecular complexity index is 1100. The summed E-state index contributed by atoms with van der Waals surface area (Å²) >= 11 is 0. The van der Waals surface area contributed by atoms with Gasteiger partial charge in [-0.2, -0.15) is 13.2 Å². The molecule has 0 bridgehead atoms. The van der Waals surface area contributed by atoms with Gasteiger partial charge in [-0.15, -0.1) is 10.2 Å². The summed E-state index contributed by atoms with van der Waals surface area (Å²) in [5.74, 6) is 1.32. The molecule has 5 heterocycles. The first-order chi connectivity index (χ1) is 15.4. The van der Waals surface area contributed by atoms with Crippen LogP contribution in [0.4, 0.5) is 19.0 Å². The van der Waals surface area contributed by atoms with E-state index in [0.717, 1.165) is 36.6 Å². The second-order valence-corrected chi connectivity index (χ2v) is 8.34. The molecule has 0 aliphatic carbocycles. The molecule has 0 saturated carbocycles. The van der Waals surface area contributed by atoms with Crippen molar-refractivity contribution < 1.29 is 18.0 Å². The Kier molecular flexibility index (Phi) is 5.22. The Morgan fingerprint density at radius 1 is 1.00 bits per heavy atom. The molecule has 2 fully saturated rings. The first kappa shape index (κ1) is 20.7. The summed E-state index contributed by atoms with van der Waals surface area (Å²) in [7, 11) is 0. The van der Waals surface area contributed by atoms with Gasteiger partial charge in [0, 0.05) is 37.9 Å². The van der Waals surface area contributed by atoms with Gasteiger partial charge in [0.05, 0.1) is 11.6 Å². The van der Waals surface area contributed by atoms with Crippen molar-refractivity contribution in [3.05, 3.63) is 54.1 Å². The van der Waals surface area contributed by atoms with Crippen LogP contribution in [0.25, 0.3) is 5.65 Å². The normalized spacial score (nSPS) is 20.3. The summed E-state index contributed by atoms with van der Waals surface area (Å²) in [6, 6.07) is 8.09. The van der Waals surface area contributed by atoms with Gasteiger partial charge in [0.2, 0.25) is 5.91 Å². The molecule has 0 aromatic carbocycles. The van der Waals surface area contributed by atoms with Gasteiger partial charge in [0.25, 0.3) is 0 Å². The van der Waals surface area contributed by atoms with Gasteiger partial charge in [-0.25, -0.2) is 4.98 Å². The molecule has 1 amide bonds. The van der Waals surface area contributed by atoms with Crippen LogP contribution in [0, 0.1) is 5.92 Å². The van der Waals surface area contributed by atoms with E-state index in [2.05, 4.69) is 15.2 Å². The minimum Gasteiger partial charge on any atom is -0.357 e. The third kappa shape index (κ3) is 3.78. The maximum absolute atomic E-state index is 13.3. The van der Waals surface area contributed by atoms with Crippen LogP contribution in [0.2, 0.25) is 0 Å². The van der Waals surface area contributed by atoms with E-state index in [0.29, 0.717) is 38.3 Å². The van der Waals surface area contributed by atoms with Crippen LogP contribution in [0.5, 0.6) is 0 Å². The fraction of sp³-hybridized carbons (Fsp3) is 0.455. The Balaban J connectivity index is 1.25. The highest BCUT2D eigenvalue weighted by atomic mass is 19.4. The largest absolute Gasteiger partial charge is 0.417 e. The number of pyridine rings is 2. The van der Waals surface area contributed by atoms with E-state index in [1.165, 1.54) is 6.07 Å². The highest BCUT2D eigenvalue weighted by Crippen LogP contribution is 2.35. The minimum absolute atomic E-state index is 0.0884. The number of rotatable bonds is 3. The van der Waals surface area contributed by atoms with Crippen molar-refractivity contribution in [1.82, 2.24) is 24.5 Å². The van der Waals surface area contributed by atoms with Crippen LogP contribution in [0.3, 0.4) is 0 Å². The zero-order chi connectivity index (χ0) is 22.3. The van der Waals surface area contributed by atoms with E-state index >= 15 is 0 Å². The van der Waals surface area contributed by atoms with Crippen LogP contribution < -0.4 is 4.90 Å². The van der Waals surface area contributed by atoms with Crippen molar-refractivity contribution in [2.45, 2.75) is 37.9 Å². The first-order valence-corrected chi connectivity index (χ1v) is 10.8. The number of fused-ring (bicyclic) bond motifs is 1. The molecule has 2 saturated heterocycles. The van der Waals surface area contributed by atoms with Crippen molar-refractivity contribution in [3.63, 3.8) is 0 Å². The molecule has 2 aliphatic rings. The average Bonchev–Trinajstić information content (AvgIpc) is 3.45. The van der Waals surface area contributed by atoms with Gasteiger partial charge in [0.15, 0.2) is 11.5 Å². The molecule has 2 aliphatic heterocycles. The predicted octanol–water partition coefficient (Wildman–Crippen LogP) is 3.72. The Morgan fingerprint density at radius 3 is 2.53 bits per heavy atom. The van der Waals surface area contributed by atoms with Gasteiger partial charge in [-0.05, 0) is 49.9 Å². The number of anilines is 1. The summed E-state index contributed by atoms with van der Waals surface area (Å²) in [4.78, 5) is 21.2. The number of alkyl halides is 3. The Labute approximate surface area is 182 Å². The molecule has 1 atom stereocenters. The third-order valence-electron chi connectivity index (χ3n) is 6.42. The van der Waals surface area contributed by atoms with Crippen molar-refractivity contribution in [2.24, 2.45) is 5.92 Å². The van der Waals surface area contributed by atoms with Crippen molar-refractivity contribution in [2.75, 3.05) is 24.5 Å². The van der Waals surface area contributed by atoms with Crippen LogP contribution in [-0.2, 0) is 11.0 Å².